The lowest BCUT2D eigenvalue weighted by molar-refractivity contribution is -0.130. The Balaban J connectivity index is 1.56. The van der Waals surface area contributed by atoms with Crippen LogP contribution in [-0.4, -0.2) is 42.6 Å². The molecule has 0 radical (unpaired) electrons. The van der Waals surface area contributed by atoms with Crippen LogP contribution in [0.15, 0.2) is 42.9 Å². The van der Waals surface area contributed by atoms with Crippen LogP contribution in [0.5, 0.6) is 5.75 Å². The molecule has 1 atom stereocenters. The van der Waals surface area contributed by atoms with E-state index in [0.717, 1.165) is 5.56 Å². The Bertz CT molecular complexity index is 1020. The minimum absolute atomic E-state index is 0.144. The molecule has 4 rings (SSSR count). The molecule has 1 aliphatic heterocycles. The van der Waals surface area contributed by atoms with E-state index >= 15 is 0 Å². The molecule has 28 heavy (non-hydrogen) atoms. The molecule has 10 heteroatoms. The lowest BCUT2D eigenvalue weighted by Crippen LogP contribution is -2.44. The van der Waals surface area contributed by atoms with Gasteiger partial charge in [0.1, 0.15) is 26.7 Å². The van der Waals surface area contributed by atoms with Gasteiger partial charge in [0.05, 0.1) is 17.6 Å². The summed E-state index contributed by atoms with van der Waals surface area (Å²) < 4.78 is 0. The number of hydrogen-bond acceptors (Lipinski definition) is 8. The number of benzene rings is 1. The van der Waals surface area contributed by atoms with Crippen molar-refractivity contribution in [3.63, 3.8) is 0 Å². The van der Waals surface area contributed by atoms with Gasteiger partial charge < -0.3 is 5.11 Å². The fourth-order valence-corrected chi connectivity index (χ4v) is 4.74. The molecule has 0 spiro atoms. The summed E-state index contributed by atoms with van der Waals surface area (Å²) in [7, 11) is 0. The second-order valence-corrected chi connectivity index (χ2v) is 8.05. The highest BCUT2D eigenvalue weighted by Gasteiger charge is 2.35. The Kier molecular flexibility index (Phi) is 4.97. The SMILES string of the molecule is Cc1nc(-c2cnccn2)sc1C(=O)NN1C(=O)CSC1c1ccc(O)cc1. The predicted octanol–water partition coefficient (Wildman–Crippen LogP) is 2.53. The van der Waals surface area contributed by atoms with Gasteiger partial charge in [0.2, 0.25) is 0 Å². The number of aromatic nitrogens is 3. The average Bonchev–Trinajstić information content (AvgIpc) is 3.26. The third kappa shape index (κ3) is 3.56. The molecule has 1 fully saturated rings. The molecule has 1 aliphatic rings. The van der Waals surface area contributed by atoms with Crippen LogP contribution in [0, 0.1) is 6.92 Å². The summed E-state index contributed by atoms with van der Waals surface area (Å²) in [5, 5.41) is 11.0. The molecule has 2 aromatic heterocycles. The first-order valence-electron chi connectivity index (χ1n) is 8.30. The van der Waals surface area contributed by atoms with Crippen LogP contribution in [-0.2, 0) is 4.79 Å². The van der Waals surface area contributed by atoms with E-state index in [4.69, 9.17) is 0 Å². The Morgan fingerprint density at radius 2 is 2.07 bits per heavy atom. The van der Waals surface area contributed by atoms with Gasteiger partial charge in [-0.1, -0.05) is 12.1 Å². The summed E-state index contributed by atoms with van der Waals surface area (Å²) in [5.74, 6) is -0.179. The van der Waals surface area contributed by atoms with Gasteiger partial charge in [0, 0.05) is 12.4 Å². The number of aryl methyl sites for hydroxylation is 1. The van der Waals surface area contributed by atoms with Gasteiger partial charge >= 0.3 is 0 Å². The third-order valence-corrected chi connectivity index (χ3v) is 6.44. The number of phenolic OH excluding ortho intramolecular Hbond substituents is 1. The summed E-state index contributed by atoms with van der Waals surface area (Å²) in [6.45, 7) is 1.74. The van der Waals surface area contributed by atoms with E-state index in [1.807, 2.05) is 0 Å². The zero-order valence-electron chi connectivity index (χ0n) is 14.7. The Hall–Kier alpha value is -2.98. The van der Waals surface area contributed by atoms with Gasteiger partial charge in [-0.2, -0.15) is 0 Å². The van der Waals surface area contributed by atoms with Crippen molar-refractivity contribution in [2.75, 3.05) is 5.75 Å². The summed E-state index contributed by atoms with van der Waals surface area (Å²) in [4.78, 5) is 38.2. The molecular weight excluding hydrogens is 398 g/mol. The number of rotatable bonds is 4. The molecule has 1 aromatic carbocycles. The monoisotopic (exact) mass is 413 g/mol. The smallest absolute Gasteiger partial charge is 0.281 e. The highest BCUT2D eigenvalue weighted by Crippen LogP contribution is 2.38. The minimum atomic E-state index is -0.398. The van der Waals surface area contributed by atoms with Crippen molar-refractivity contribution in [1.82, 2.24) is 25.4 Å². The van der Waals surface area contributed by atoms with Crippen LogP contribution in [0.25, 0.3) is 10.7 Å². The average molecular weight is 413 g/mol. The van der Waals surface area contributed by atoms with Crippen molar-refractivity contribution in [3.8, 4) is 16.5 Å². The summed E-state index contributed by atoms with van der Waals surface area (Å²) in [6, 6.07) is 6.57. The molecule has 3 heterocycles. The van der Waals surface area contributed by atoms with Crippen LogP contribution >= 0.6 is 23.1 Å². The summed E-state index contributed by atoms with van der Waals surface area (Å²) >= 11 is 2.61. The van der Waals surface area contributed by atoms with Crippen molar-refractivity contribution >= 4 is 34.9 Å². The van der Waals surface area contributed by atoms with Crippen molar-refractivity contribution in [3.05, 3.63) is 59.0 Å². The maximum atomic E-state index is 12.8. The number of thiazole rings is 1. The van der Waals surface area contributed by atoms with Crippen LogP contribution in [0.1, 0.15) is 26.3 Å². The Labute approximate surface area is 168 Å². The van der Waals surface area contributed by atoms with Crippen LogP contribution < -0.4 is 5.43 Å². The van der Waals surface area contributed by atoms with Gasteiger partial charge in [-0.15, -0.1) is 23.1 Å². The maximum Gasteiger partial charge on any atom is 0.281 e. The van der Waals surface area contributed by atoms with E-state index in [2.05, 4.69) is 20.4 Å². The molecule has 1 saturated heterocycles. The van der Waals surface area contributed by atoms with Gasteiger partial charge in [0.25, 0.3) is 11.8 Å². The second-order valence-electron chi connectivity index (χ2n) is 5.98. The number of nitrogens with zero attached hydrogens (tertiary/aromatic N) is 4. The molecule has 0 bridgehead atoms. The maximum absolute atomic E-state index is 12.8. The van der Waals surface area contributed by atoms with Crippen LogP contribution in [0.2, 0.25) is 0 Å². The molecule has 2 N–H and O–H groups in total. The highest BCUT2D eigenvalue weighted by molar-refractivity contribution is 8.00. The molecule has 0 aliphatic carbocycles. The second kappa shape index (κ2) is 7.56. The largest absolute Gasteiger partial charge is 0.508 e. The normalized spacial score (nSPS) is 16.4. The standard InChI is InChI=1S/C18H15N5O3S2/c1-10-15(28-17(21-10)13-8-19-6-7-20-13)16(26)22-23-14(25)9-27-18(23)11-2-4-12(24)5-3-11/h2-8,18,24H,9H2,1H3,(H,22,26). The lowest BCUT2D eigenvalue weighted by Gasteiger charge is -2.24. The third-order valence-electron chi connectivity index (χ3n) is 4.05. The van der Waals surface area contributed by atoms with Crippen molar-refractivity contribution < 1.29 is 14.7 Å². The first-order chi connectivity index (χ1) is 13.5. The quantitative estimate of drug-likeness (QED) is 0.676. The highest BCUT2D eigenvalue weighted by atomic mass is 32.2. The number of carbonyl (C=O) groups excluding carboxylic acids is 2. The molecule has 2 amide bonds. The number of nitrogens with one attached hydrogen (secondary N) is 1. The van der Waals surface area contributed by atoms with E-state index in [-0.39, 0.29) is 22.8 Å². The van der Waals surface area contributed by atoms with Gasteiger partial charge in [-0.25, -0.2) is 9.99 Å². The molecule has 0 saturated carbocycles. The van der Waals surface area contributed by atoms with Crippen molar-refractivity contribution in [1.29, 1.82) is 0 Å². The first-order valence-corrected chi connectivity index (χ1v) is 10.2. The van der Waals surface area contributed by atoms with Gasteiger partial charge in [0.15, 0.2) is 0 Å². The van der Waals surface area contributed by atoms with Crippen molar-refractivity contribution in [2.45, 2.75) is 12.3 Å². The summed E-state index contributed by atoms with van der Waals surface area (Å²) in [6.07, 6.45) is 4.72. The van der Waals surface area contributed by atoms with E-state index in [0.29, 0.717) is 21.3 Å². The summed E-state index contributed by atoms with van der Waals surface area (Å²) in [5.41, 5.74) is 4.67. The minimum Gasteiger partial charge on any atom is -0.508 e. The Morgan fingerprint density at radius 3 is 2.79 bits per heavy atom. The van der Waals surface area contributed by atoms with E-state index < -0.39 is 5.91 Å². The number of hydrogen-bond donors (Lipinski definition) is 2. The molecule has 1 unspecified atom stereocenters. The molecule has 3 aromatic rings. The predicted molar refractivity (Wildman–Crippen MR) is 105 cm³/mol. The topological polar surface area (TPSA) is 108 Å². The van der Waals surface area contributed by atoms with Crippen LogP contribution in [0.4, 0.5) is 0 Å². The van der Waals surface area contributed by atoms with Gasteiger partial charge in [-0.3, -0.25) is 25.0 Å². The number of hydrazine groups is 1. The van der Waals surface area contributed by atoms with Crippen LogP contribution in [0.3, 0.4) is 0 Å². The number of aromatic hydroxyl groups is 1. The zero-order chi connectivity index (χ0) is 19.7. The number of amides is 2. The molecule has 8 nitrogen and oxygen atoms in total. The van der Waals surface area contributed by atoms with Crippen molar-refractivity contribution in [2.24, 2.45) is 0 Å². The first kappa shape index (κ1) is 18.4. The van der Waals surface area contributed by atoms with E-state index in [9.17, 15) is 14.7 Å². The van der Waals surface area contributed by atoms with E-state index in [1.165, 1.54) is 28.1 Å². The van der Waals surface area contributed by atoms with Gasteiger partial charge in [-0.05, 0) is 24.6 Å². The zero-order valence-corrected chi connectivity index (χ0v) is 16.3. The fraction of sp³-hybridized carbons (Fsp3) is 0.167. The molecular formula is C18H15N5O3S2. The lowest BCUT2D eigenvalue weighted by atomic mass is 10.2. The number of carbonyl (C=O) groups is 2. The Morgan fingerprint density at radius 1 is 1.29 bits per heavy atom. The number of phenols is 1. The number of thioether (sulfide) groups is 1. The van der Waals surface area contributed by atoms with E-state index in [1.54, 1.807) is 49.8 Å². The molecule has 142 valence electrons. The fourth-order valence-electron chi connectivity index (χ4n) is 2.72.